The first-order valence-electron chi connectivity index (χ1n) is 9.88. The van der Waals surface area contributed by atoms with Gasteiger partial charge in [0.2, 0.25) is 0 Å². The molecule has 0 N–H and O–H groups in total. The van der Waals surface area contributed by atoms with Gasteiger partial charge in [0.1, 0.15) is 0 Å². The molecule has 0 aliphatic carbocycles. The van der Waals surface area contributed by atoms with Gasteiger partial charge < -0.3 is 4.74 Å². The Kier molecular flexibility index (Phi) is 5.94. The van der Waals surface area contributed by atoms with Crippen LogP contribution in [-0.2, 0) is 9.53 Å². The topological polar surface area (TPSA) is 60.7 Å². The first-order chi connectivity index (χ1) is 14.9. The van der Waals surface area contributed by atoms with E-state index < -0.39 is 12.0 Å². The van der Waals surface area contributed by atoms with Crippen LogP contribution in [0.15, 0.2) is 69.6 Å². The number of thiazole rings is 1. The lowest BCUT2D eigenvalue weighted by molar-refractivity contribution is -0.136. The maximum Gasteiger partial charge on any atom is 0.338 e. The predicted molar refractivity (Wildman–Crippen MR) is 123 cm³/mol. The van der Waals surface area contributed by atoms with E-state index in [1.807, 2.05) is 56.3 Å². The molecule has 158 valence electrons. The van der Waals surface area contributed by atoms with E-state index in [9.17, 15) is 9.59 Å². The third kappa shape index (κ3) is 4.01. The largest absolute Gasteiger partial charge is 0.466 e. The summed E-state index contributed by atoms with van der Waals surface area (Å²) in [6, 6.07) is 14.5. The second-order valence-corrected chi connectivity index (χ2v) is 8.70. The molecule has 0 saturated carbocycles. The normalized spacial score (nSPS) is 16.1. The average molecular weight is 453 g/mol. The first-order valence-corrected chi connectivity index (χ1v) is 11.1. The van der Waals surface area contributed by atoms with Crippen LogP contribution in [0.25, 0.3) is 6.08 Å². The van der Waals surface area contributed by atoms with Crippen LogP contribution in [0.1, 0.15) is 36.1 Å². The number of nitrogens with zero attached hydrogens (tertiary/aromatic N) is 2. The second-order valence-electron chi connectivity index (χ2n) is 7.25. The van der Waals surface area contributed by atoms with E-state index in [0.717, 1.165) is 16.7 Å². The number of aryl methyl sites for hydroxylation is 1. The summed E-state index contributed by atoms with van der Waals surface area (Å²) in [5.41, 5.74) is 3.60. The highest BCUT2D eigenvalue weighted by atomic mass is 35.5. The molecule has 2 aromatic carbocycles. The number of esters is 1. The van der Waals surface area contributed by atoms with Crippen LogP contribution in [0.3, 0.4) is 0 Å². The van der Waals surface area contributed by atoms with Crippen molar-refractivity contribution in [3.8, 4) is 0 Å². The molecule has 0 spiro atoms. The number of fused-ring (bicyclic) bond motifs is 1. The van der Waals surface area contributed by atoms with Crippen molar-refractivity contribution in [3.63, 3.8) is 0 Å². The van der Waals surface area contributed by atoms with Crippen molar-refractivity contribution < 1.29 is 9.53 Å². The highest BCUT2D eigenvalue weighted by molar-refractivity contribution is 7.07. The molecular formula is C24H21ClN2O3S. The van der Waals surface area contributed by atoms with Gasteiger partial charge in [-0.3, -0.25) is 9.36 Å². The lowest BCUT2D eigenvalue weighted by atomic mass is 9.94. The summed E-state index contributed by atoms with van der Waals surface area (Å²) in [5.74, 6) is -0.473. The van der Waals surface area contributed by atoms with Crippen LogP contribution in [0.5, 0.6) is 0 Å². The zero-order valence-electron chi connectivity index (χ0n) is 17.4. The van der Waals surface area contributed by atoms with Crippen LogP contribution in [-0.4, -0.2) is 17.6 Å². The van der Waals surface area contributed by atoms with Crippen LogP contribution < -0.4 is 14.9 Å². The molecule has 0 unspecified atom stereocenters. The molecule has 2 heterocycles. The standard InChI is InChI=1S/C24H21ClN2O3S/c1-4-18-20(23(29)30-3)21(16-7-5-6-14(2)12-16)27-22(28)19(31-24(27)26-18)13-15-8-10-17(25)11-9-15/h5-13,21H,4H2,1-3H3/b19-13-/t21-/m0/s1. The Hall–Kier alpha value is -2.96. The molecule has 7 heteroatoms. The van der Waals surface area contributed by atoms with E-state index in [-0.39, 0.29) is 5.56 Å². The number of carbonyl (C=O) groups excluding carboxylic acids is 1. The number of aromatic nitrogens is 1. The number of hydrogen-bond acceptors (Lipinski definition) is 5. The molecule has 1 aliphatic rings. The summed E-state index contributed by atoms with van der Waals surface area (Å²) < 4.78 is 7.23. The molecule has 1 atom stereocenters. The fraction of sp³-hybridized carbons (Fsp3) is 0.208. The van der Waals surface area contributed by atoms with Gasteiger partial charge in [-0.05, 0) is 42.7 Å². The summed E-state index contributed by atoms with van der Waals surface area (Å²) in [6.07, 6.45) is 2.37. The summed E-state index contributed by atoms with van der Waals surface area (Å²) in [5, 5.41) is 0.633. The van der Waals surface area contributed by atoms with Gasteiger partial charge in [0.05, 0.1) is 29.0 Å². The van der Waals surface area contributed by atoms with Crippen LogP contribution in [0.4, 0.5) is 0 Å². The number of allylic oxidation sites excluding steroid dienone is 1. The Balaban J connectivity index is 2.00. The third-order valence-corrected chi connectivity index (χ3v) is 6.41. The predicted octanol–water partition coefficient (Wildman–Crippen LogP) is 3.76. The average Bonchev–Trinajstić information content (AvgIpc) is 3.08. The van der Waals surface area contributed by atoms with Crippen molar-refractivity contribution in [2.45, 2.75) is 26.3 Å². The van der Waals surface area contributed by atoms with Gasteiger partial charge in [0.25, 0.3) is 5.56 Å². The summed E-state index contributed by atoms with van der Waals surface area (Å²) in [4.78, 5) is 31.5. The van der Waals surface area contributed by atoms with E-state index in [4.69, 9.17) is 16.3 Å². The van der Waals surface area contributed by atoms with Gasteiger partial charge in [-0.25, -0.2) is 9.79 Å². The zero-order valence-corrected chi connectivity index (χ0v) is 19.0. The van der Waals surface area contributed by atoms with Crippen LogP contribution in [0, 0.1) is 6.92 Å². The minimum atomic E-state index is -0.592. The maximum atomic E-state index is 13.5. The molecule has 0 radical (unpaired) electrons. The van der Waals surface area contributed by atoms with Gasteiger partial charge in [-0.15, -0.1) is 0 Å². The van der Waals surface area contributed by atoms with Crippen LogP contribution in [0.2, 0.25) is 5.02 Å². The molecule has 0 bridgehead atoms. The molecular weight excluding hydrogens is 432 g/mol. The highest BCUT2D eigenvalue weighted by Crippen LogP contribution is 2.32. The van der Waals surface area contributed by atoms with E-state index in [1.54, 1.807) is 16.7 Å². The van der Waals surface area contributed by atoms with Crippen molar-refractivity contribution in [2.24, 2.45) is 4.99 Å². The van der Waals surface area contributed by atoms with E-state index in [0.29, 0.717) is 32.0 Å². The Labute approximate surface area is 188 Å². The summed E-state index contributed by atoms with van der Waals surface area (Å²) >= 11 is 7.29. The minimum Gasteiger partial charge on any atom is -0.466 e. The third-order valence-electron chi connectivity index (χ3n) is 5.18. The molecule has 4 rings (SSSR count). The summed E-state index contributed by atoms with van der Waals surface area (Å²) in [7, 11) is 1.35. The van der Waals surface area contributed by atoms with Gasteiger partial charge in [0.15, 0.2) is 4.80 Å². The van der Waals surface area contributed by atoms with Crippen molar-refractivity contribution in [1.82, 2.24) is 4.57 Å². The second kappa shape index (κ2) is 8.65. The lowest BCUT2D eigenvalue weighted by Crippen LogP contribution is -2.40. The van der Waals surface area contributed by atoms with E-state index in [2.05, 4.69) is 4.99 Å². The Bertz CT molecular complexity index is 1370. The van der Waals surface area contributed by atoms with Gasteiger partial charge >= 0.3 is 5.97 Å². The number of carbonyl (C=O) groups is 1. The lowest BCUT2D eigenvalue weighted by Gasteiger charge is -2.25. The molecule has 5 nitrogen and oxygen atoms in total. The Morgan fingerprint density at radius 3 is 2.65 bits per heavy atom. The molecule has 0 saturated heterocycles. The maximum absolute atomic E-state index is 13.5. The van der Waals surface area contributed by atoms with Crippen molar-refractivity contribution >= 4 is 35.0 Å². The fourth-order valence-corrected chi connectivity index (χ4v) is 4.88. The van der Waals surface area contributed by atoms with Gasteiger partial charge in [0, 0.05) is 5.02 Å². The number of ether oxygens (including phenoxy) is 1. The molecule has 3 aromatic rings. The number of methoxy groups -OCH3 is 1. The highest BCUT2D eigenvalue weighted by Gasteiger charge is 2.33. The number of halogens is 1. The number of rotatable bonds is 4. The minimum absolute atomic E-state index is 0.193. The van der Waals surface area contributed by atoms with Crippen molar-refractivity contribution in [1.29, 1.82) is 0 Å². The van der Waals surface area contributed by atoms with Crippen molar-refractivity contribution in [3.05, 3.63) is 101 Å². The number of benzene rings is 2. The van der Waals surface area contributed by atoms with E-state index in [1.165, 1.54) is 18.4 Å². The van der Waals surface area contributed by atoms with Gasteiger partial charge in [-0.2, -0.15) is 0 Å². The summed E-state index contributed by atoms with van der Waals surface area (Å²) in [6.45, 7) is 3.92. The van der Waals surface area contributed by atoms with Crippen LogP contribution >= 0.6 is 22.9 Å². The Morgan fingerprint density at radius 2 is 2.00 bits per heavy atom. The number of hydrogen-bond donors (Lipinski definition) is 0. The molecule has 0 fully saturated rings. The SMILES string of the molecule is CCC1=C(C(=O)OC)[C@H](c2cccc(C)c2)n2c(s/c(=C\c3ccc(Cl)cc3)c2=O)=N1. The quantitative estimate of drug-likeness (QED) is 0.566. The Morgan fingerprint density at radius 1 is 1.26 bits per heavy atom. The zero-order chi connectivity index (χ0) is 22.1. The fourth-order valence-electron chi connectivity index (χ4n) is 3.73. The first kappa shape index (κ1) is 21.3. The van der Waals surface area contributed by atoms with Crippen molar-refractivity contribution in [2.75, 3.05) is 7.11 Å². The van der Waals surface area contributed by atoms with E-state index >= 15 is 0 Å². The molecule has 31 heavy (non-hydrogen) atoms. The molecule has 1 aromatic heterocycles. The smallest absolute Gasteiger partial charge is 0.338 e. The monoisotopic (exact) mass is 452 g/mol. The molecule has 1 aliphatic heterocycles. The molecule has 0 amide bonds. The van der Waals surface area contributed by atoms with Gasteiger partial charge in [-0.1, -0.05) is 71.8 Å².